The van der Waals surface area contributed by atoms with Crippen LogP contribution in [0.5, 0.6) is 0 Å². The van der Waals surface area contributed by atoms with Gasteiger partial charge >= 0.3 is 0 Å². The second-order valence-electron chi connectivity index (χ2n) is 1.53. The Morgan fingerprint density at radius 2 is 2.33 bits per heavy atom. The molecule has 1 aromatic heterocycles. The molecule has 0 aliphatic heterocycles. The van der Waals surface area contributed by atoms with Gasteiger partial charge in [-0.3, -0.25) is 4.79 Å². The summed E-state index contributed by atoms with van der Waals surface area (Å²) in [6, 6.07) is 3.22. The van der Waals surface area contributed by atoms with E-state index in [1.807, 2.05) is 0 Å². The topological polar surface area (TPSA) is 30.2 Å². The number of rotatable bonds is 1. The Kier molecular flexibility index (Phi) is 1.71. The average Bonchev–Trinajstić information content (AvgIpc) is 2.14. The fourth-order valence-electron chi connectivity index (χ4n) is 0.464. The first-order valence-electron chi connectivity index (χ1n) is 2.32. The summed E-state index contributed by atoms with van der Waals surface area (Å²) < 4.78 is 5.40. The molecule has 0 unspecified atom stereocenters. The van der Waals surface area contributed by atoms with Gasteiger partial charge < -0.3 is 4.42 Å². The Balaban J connectivity index is 2.98. The standard InChI is InChI=1S/C6H4BrO2/c1-4(8)5-2-3-6(7)9-5/h2-3H,1H2. The minimum atomic E-state index is -0.305. The van der Waals surface area contributed by atoms with Crippen molar-refractivity contribution in [2.24, 2.45) is 0 Å². The summed E-state index contributed by atoms with van der Waals surface area (Å²) in [5, 5.41) is 0. The molecule has 1 rings (SSSR count). The Morgan fingerprint density at radius 1 is 1.67 bits per heavy atom. The van der Waals surface area contributed by atoms with Gasteiger partial charge in [-0.2, -0.15) is 0 Å². The summed E-state index contributed by atoms with van der Waals surface area (Å²) in [5.74, 6) is -0.0254. The van der Waals surface area contributed by atoms with E-state index in [1.54, 1.807) is 12.1 Å². The predicted molar refractivity (Wildman–Crippen MR) is 36.1 cm³/mol. The van der Waals surface area contributed by atoms with Crippen molar-refractivity contribution >= 4 is 21.7 Å². The van der Waals surface area contributed by atoms with Crippen molar-refractivity contribution in [2.45, 2.75) is 0 Å². The molecule has 1 radical (unpaired) electrons. The Labute approximate surface area is 61.0 Å². The average molecular weight is 188 g/mol. The molecule has 0 aromatic carbocycles. The summed E-state index contributed by atoms with van der Waals surface area (Å²) in [6.07, 6.45) is 0. The first-order valence-corrected chi connectivity index (χ1v) is 3.11. The van der Waals surface area contributed by atoms with Gasteiger partial charge in [-0.15, -0.1) is 0 Å². The molecular weight excluding hydrogens is 184 g/mol. The van der Waals surface area contributed by atoms with Crippen LogP contribution in [0.25, 0.3) is 0 Å². The lowest BCUT2D eigenvalue weighted by molar-refractivity contribution is 0.101. The van der Waals surface area contributed by atoms with Crippen LogP contribution in [0.4, 0.5) is 0 Å². The third kappa shape index (κ3) is 1.42. The largest absolute Gasteiger partial charge is 0.446 e. The van der Waals surface area contributed by atoms with Gasteiger partial charge in [-0.25, -0.2) is 0 Å². The van der Waals surface area contributed by atoms with Gasteiger partial charge in [0, 0.05) is 6.92 Å². The van der Waals surface area contributed by atoms with Crippen molar-refractivity contribution in [1.29, 1.82) is 0 Å². The summed E-state index contributed by atoms with van der Waals surface area (Å²) in [5.41, 5.74) is 0. The highest BCUT2D eigenvalue weighted by molar-refractivity contribution is 9.10. The van der Waals surface area contributed by atoms with E-state index in [-0.39, 0.29) is 11.5 Å². The third-order valence-electron chi connectivity index (χ3n) is 0.848. The van der Waals surface area contributed by atoms with Gasteiger partial charge in [0.25, 0.3) is 0 Å². The summed E-state index contributed by atoms with van der Waals surface area (Å²) in [4.78, 5) is 10.4. The zero-order chi connectivity index (χ0) is 6.85. The Hall–Kier alpha value is -0.570. The van der Waals surface area contributed by atoms with Crippen molar-refractivity contribution < 1.29 is 9.21 Å². The van der Waals surface area contributed by atoms with E-state index in [9.17, 15) is 4.79 Å². The van der Waals surface area contributed by atoms with E-state index < -0.39 is 0 Å². The lowest BCUT2D eigenvalue weighted by Gasteiger charge is -1.81. The number of ketones is 1. The Bertz CT molecular complexity index is 227. The van der Waals surface area contributed by atoms with E-state index in [1.165, 1.54) is 0 Å². The molecule has 0 saturated carbocycles. The quantitative estimate of drug-likeness (QED) is 0.631. The van der Waals surface area contributed by atoms with Crippen LogP contribution >= 0.6 is 15.9 Å². The van der Waals surface area contributed by atoms with Gasteiger partial charge in [0.15, 0.2) is 16.2 Å². The van der Waals surface area contributed by atoms with E-state index in [2.05, 4.69) is 22.9 Å². The minimum Gasteiger partial charge on any atom is -0.446 e. The van der Waals surface area contributed by atoms with E-state index in [4.69, 9.17) is 4.42 Å². The van der Waals surface area contributed by atoms with Gasteiger partial charge in [0.2, 0.25) is 0 Å². The molecule has 0 saturated heterocycles. The maximum Gasteiger partial charge on any atom is 0.198 e. The van der Waals surface area contributed by atoms with E-state index in [0.717, 1.165) is 0 Å². The number of carbonyl (C=O) groups is 1. The third-order valence-corrected chi connectivity index (χ3v) is 1.27. The Morgan fingerprint density at radius 3 is 2.56 bits per heavy atom. The molecule has 9 heavy (non-hydrogen) atoms. The minimum absolute atomic E-state index is 0.280. The zero-order valence-corrected chi connectivity index (χ0v) is 6.14. The highest BCUT2D eigenvalue weighted by Gasteiger charge is 2.02. The van der Waals surface area contributed by atoms with Gasteiger partial charge in [0.1, 0.15) is 0 Å². The highest BCUT2D eigenvalue weighted by atomic mass is 79.9. The van der Waals surface area contributed by atoms with Crippen molar-refractivity contribution in [3.05, 3.63) is 29.5 Å². The van der Waals surface area contributed by atoms with Crippen LogP contribution in [-0.4, -0.2) is 5.78 Å². The van der Waals surface area contributed by atoms with Crippen LogP contribution in [-0.2, 0) is 0 Å². The number of hydrogen-bond acceptors (Lipinski definition) is 2. The lowest BCUT2D eigenvalue weighted by Crippen LogP contribution is -1.86. The normalized spacial score (nSPS) is 9.56. The molecule has 0 amide bonds. The zero-order valence-electron chi connectivity index (χ0n) is 4.56. The second kappa shape index (κ2) is 2.35. The van der Waals surface area contributed by atoms with Crippen LogP contribution in [0.2, 0.25) is 0 Å². The number of halogens is 1. The molecule has 47 valence electrons. The first kappa shape index (κ1) is 6.55. The monoisotopic (exact) mass is 187 g/mol. The molecule has 0 aliphatic rings. The van der Waals surface area contributed by atoms with Gasteiger partial charge in [-0.05, 0) is 28.1 Å². The van der Waals surface area contributed by atoms with Crippen molar-refractivity contribution in [3.8, 4) is 0 Å². The maximum absolute atomic E-state index is 10.4. The molecule has 2 nitrogen and oxygen atoms in total. The molecular formula is C6H4BrO2. The molecule has 0 atom stereocenters. The molecule has 0 aliphatic carbocycles. The predicted octanol–water partition coefficient (Wildman–Crippen LogP) is 2.06. The highest BCUT2D eigenvalue weighted by Crippen LogP contribution is 2.13. The fraction of sp³-hybridized carbons (Fsp3) is 0. The number of hydrogen-bond donors (Lipinski definition) is 0. The number of furan rings is 1. The molecule has 1 aromatic rings. The van der Waals surface area contributed by atoms with E-state index >= 15 is 0 Å². The number of carbonyl (C=O) groups excluding carboxylic acids is 1. The fourth-order valence-corrected chi connectivity index (χ4v) is 0.771. The SMILES string of the molecule is [CH2]C(=O)c1ccc(Br)o1. The molecule has 0 bridgehead atoms. The lowest BCUT2D eigenvalue weighted by atomic mass is 10.3. The molecule has 3 heteroatoms. The van der Waals surface area contributed by atoms with Crippen LogP contribution in [0.1, 0.15) is 10.6 Å². The van der Waals surface area contributed by atoms with Gasteiger partial charge in [0.05, 0.1) is 0 Å². The van der Waals surface area contributed by atoms with Gasteiger partial charge in [-0.1, -0.05) is 0 Å². The van der Waals surface area contributed by atoms with Crippen molar-refractivity contribution in [2.75, 3.05) is 0 Å². The summed E-state index contributed by atoms with van der Waals surface area (Å²) in [6.45, 7) is 3.17. The van der Waals surface area contributed by atoms with Crippen molar-refractivity contribution in [3.63, 3.8) is 0 Å². The van der Waals surface area contributed by atoms with Crippen LogP contribution in [0, 0.1) is 6.92 Å². The first-order chi connectivity index (χ1) is 4.20. The maximum atomic E-state index is 10.4. The number of Topliss-reactive ketones (excluding diaryl/α,β-unsaturated/α-hetero) is 1. The summed E-state index contributed by atoms with van der Waals surface area (Å²) >= 11 is 3.05. The molecule has 0 N–H and O–H groups in total. The molecule has 0 spiro atoms. The van der Waals surface area contributed by atoms with E-state index in [0.29, 0.717) is 4.67 Å². The molecule has 1 heterocycles. The second-order valence-corrected chi connectivity index (χ2v) is 2.31. The smallest absolute Gasteiger partial charge is 0.198 e. The molecule has 0 fully saturated rings. The van der Waals surface area contributed by atoms with Crippen LogP contribution in [0.15, 0.2) is 21.2 Å². The summed E-state index contributed by atoms with van der Waals surface area (Å²) in [7, 11) is 0. The van der Waals surface area contributed by atoms with Crippen LogP contribution < -0.4 is 0 Å². The van der Waals surface area contributed by atoms with Crippen molar-refractivity contribution in [1.82, 2.24) is 0 Å². The van der Waals surface area contributed by atoms with Crippen LogP contribution in [0.3, 0.4) is 0 Å².